The lowest BCUT2D eigenvalue weighted by Crippen LogP contribution is -2.28. The van der Waals surface area contributed by atoms with E-state index < -0.39 is 0 Å². The Balaban J connectivity index is 1.60. The number of rotatable bonds is 8. The monoisotopic (exact) mass is 487 g/mol. The second-order valence-electron chi connectivity index (χ2n) is 8.73. The van der Waals surface area contributed by atoms with Crippen molar-refractivity contribution in [3.8, 4) is 22.8 Å². The van der Waals surface area contributed by atoms with Crippen LogP contribution in [0.1, 0.15) is 19.3 Å². The predicted octanol–water partition coefficient (Wildman–Crippen LogP) is 3.09. The number of amides is 1. The highest BCUT2D eigenvalue weighted by Gasteiger charge is 2.19. The first-order valence-electron chi connectivity index (χ1n) is 12.0. The van der Waals surface area contributed by atoms with Gasteiger partial charge in [0.1, 0.15) is 22.5 Å². The van der Waals surface area contributed by atoms with Gasteiger partial charge in [0.05, 0.1) is 38.0 Å². The number of aryl methyl sites for hydroxylation is 2. The summed E-state index contributed by atoms with van der Waals surface area (Å²) in [7, 11) is 5.10. The molecule has 10 heteroatoms. The van der Waals surface area contributed by atoms with E-state index in [-0.39, 0.29) is 5.91 Å². The number of likely N-dealkylation sites (tertiary alicyclic amines) is 1. The maximum atomic E-state index is 12.1. The molecule has 3 aromatic heterocycles. The zero-order valence-electron chi connectivity index (χ0n) is 20.7. The summed E-state index contributed by atoms with van der Waals surface area (Å²) in [5.74, 6) is 1.54. The number of hydrogen-bond acceptors (Lipinski definition) is 7. The Labute approximate surface area is 208 Å². The number of hydrogen-bond donors (Lipinski definition) is 0. The number of fused-ring (bicyclic) bond motifs is 1. The molecule has 1 amide bonds. The number of methoxy groups -OCH3 is 2. The Bertz CT molecular complexity index is 1450. The fourth-order valence-electron chi connectivity index (χ4n) is 4.42. The third-order valence-electron chi connectivity index (χ3n) is 6.27. The third-order valence-corrected chi connectivity index (χ3v) is 6.27. The van der Waals surface area contributed by atoms with Gasteiger partial charge < -0.3 is 18.9 Å². The number of carbonyl (C=O) groups excluding carboxylic acids is 1. The zero-order valence-corrected chi connectivity index (χ0v) is 20.7. The summed E-state index contributed by atoms with van der Waals surface area (Å²) in [5.41, 5.74) is 4.54. The zero-order chi connectivity index (χ0) is 25.1. The highest BCUT2D eigenvalue weighted by molar-refractivity contribution is 5.78. The molecule has 1 aliphatic rings. The Kier molecular flexibility index (Phi) is 6.66. The van der Waals surface area contributed by atoms with Gasteiger partial charge in [0.25, 0.3) is 0 Å². The van der Waals surface area contributed by atoms with Crippen molar-refractivity contribution in [3.05, 3.63) is 54.4 Å². The smallest absolute Gasteiger partial charge is 0.222 e. The molecule has 1 aliphatic heterocycles. The van der Waals surface area contributed by atoms with Crippen molar-refractivity contribution in [2.24, 2.45) is 12.0 Å². The van der Waals surface area contributed by atoms with Crippen LogP contribution in [-0.4, -0.2) is 62.4 Å². The Morgan fingerprint density at radius 2 is 1.86 bits per heavy atom. The molecule has 5 rings (SSSR count). The highest BCUT2D eigenvalue weighted by Crippen LogP contribution is 2.27. The lowest BCUT2D eigenvalue weighted by atomic mass is 10.2. The van der Waals surface area contributed by atoms with Crippen LogP contribution in [0.15, 0.2) is 53.9 Å². The van der Waals surface area contributed by atoms with E-state index in [1.54, 1.807) is 31.3 Å². The summed E-state index contributed by atoms with van der Waals surface area (Å²) in [4.78, 5) is 28.6. The van der Waals surface area contributed by atoms with Crippen LogP contribution in [-0.2, 0) is 18.4 Å². The summed E-state index contributed by atoms with van der Waals surface area (Å²) in [6.45, 7) is 2.15. The fraction of sp³-hybridized carbons (Fsp3) is 0.346. The third kappa shape index (κ3) is 4.93. The van der Waals surface area contributed by atoms with Gasteiger partial charge >= 0.3 is 0 Å². The standard InChI is InChI=1S/C26H29N7O3/c1-31-17-18(15-28-31)23-16-27-22-7-8-24(29-19-12-20(35-2)14-21(13-19)36-3)33(26(22)30-23)11-5-10-32-9-4-6-25(32)34/h7-8,12-17H,4-6,9-11H2,1-3H3/b29-24+. The van der Waals surface area contributed by atoms with Crippen molar-refractivity contribution in [1.82, 2.24) is 29.2 Å². The van der Waals surface area contributed by atoms with Crippen molar-refractivity contribution in [2.75, 3.05) is 27.3 Å². The summed E-state index contributed by atoms with van der Waals surface area (Å²) in [6, 6.07) is 9.39. The van der Waals surface area contributed by atoms with E-state index in [1.807, 2.05) is 48.5 Å². The summed E-state index contributed by atoms with van der Waals surface area (Å²) >= 11 is 0. The van der Waals surface area contributed by atoms with Crippen LogP contribution in [0.2, 0.25) is 0 Å². The molecule has 0 atom stereocenters. The van der Waals surface area contributed by atoms with E-state index in [1.165, 1.54) is 0 Å². The average Bonchev–Trinajstić information content (AvgIpc) is 3.52. The van der Waals surface area contributed by atoms with E-state index in [2.05, 4.69) is 14.6 Å². The topological polar surface area (TPSA) is 99.7 Å². The fourth-order valence-corrected chi connectivity index (χ4v) is 4.42. The van der Waals surface area contributed by atoms with Crippen molar-refractivity contribution in [3.63, 3.8) is 0 Å². The van der Waals surface area contributed by atoms with Crippen molar-refractivity contribution in [2.45, 2.75) is 25.8 Å². The van der Waals surface area contributed by atoms with Gasteiger partial charge in [-0.2, -0.15) is 5.10 Å². The number of carbonyl (C=O) groups is 1. The molecule has 1 saturated heterocycles. The lowest BCUT2D eigenvalue weighted by molar-refractivity contribution is -0.127. The molecular formula is C26H29N7O3. The molecule has 0 radical (unpaired) electrons. The van der Waals surface area contributed by atoms with Gasteiger partial charge in [-0.25, -0.2) is 9.98 Å². The van der Waals surface area contributed by atoms with Crippen molar-refractivity contribution >= 4 is 22.8 Å². The number of nitrogens with zero attached hydrogens (tertiary/aromatic N) is 7. The number of benzene rings is 1. The molecule has 186 valence electrons. The second kappa shape index (κ2) is 10.2. The average molecular weight is 488 g/mol. The lowest BCUT2D eigenvalue weighted by Gasteiger charge is -2.17. The van der Waals surface area contributed by atoms with Gasteiger partial charge in [-0.1, -0.05) is 0 Å². The van der Waals surface area contributed by atoms with E-state index in [4.69, 9.17) is 19.5 Å². The first kappa shape index (κ1) is 23.5. The number of pyridine rings is 1. The molecule has 0 unspecified atom stereocenters. The Hall–Kier alpha value is -4.21. The van der Waals surface area contributed by atoms with Crippen LogP contribution >= 0.6 is 0 Å². The normalized spacial score (nSPS) is 14.1. The molecule has 4 heterocycles. The van der Waals surface area contributed by atoms with Crippen LogP contribution in [0.3, 0.4) is 0 Å². The molecule has 0 N–H and O–H groups in total. The van der Waals surface area contributed by atoms with Crippen LogP contribution in [0.5, 0.6) is 11.5 Å². The van der Waals surface area contributed by atoms with Crippen LogP contribution < -0.4 is 15.0 Å². The van der Waals surface area contributed by atoms with E-state index in [9.17, 15) is 4.79 Å². The summed E-state index contributed by atoms with van der Waals surface area (Å²) < 4.78 is 14.6. The molecule has 0 bridgehead atoms. The molecular weight excluding hydrogens is 458 g/mol. The van der Waals surface area contributed by atoms with Gasteiger partial charge in [-0.05, 0) is 25.0 Å². The minimum Gasteiger partial charge on any atom is -0.497 e. The maximum absolute atomic E-state index is 12.1. The van der Waals surface area contributed by atoms with E-state index in [0.29, 0.717) is 36.7 Å². The minimum atomic E-state index is 0.227. The highest BCUT2D eigenvalue weighted by atomic mass is 16.5. The van der Waals surface area contributed by atoms with Gasteiger partial charge in [0, 0.05) is 63.1 Å². The Morgan fingerprint density at radius 1 is 1.06 bits per heavy atom. The van der Waals surface area contributed by atoms with E-state index in [0.717, 1.165) is 47.3 Å². The minimum absolute atomic E-state index is 0.227. The second-order valence-corrected chi connectivity index (χ2v) is 8.73. The molecule has 1 aromatic carbocycles. The first-order chi connectivity index (χ1) is 17.5. The summed E-state index contributed by atoms with van der Waals surface area (Å²) in [5, 5.41) is 4.26. The molecule has 1 fully saturated rings. The van der Waals surface area contributed by atoms with Crippen LogP contribution in [0.25, 0.3) is 22.4 Å². The summed E-state index contributed by atoms with van der Waals surface area (Å²) in [6.07, 6.45) is 7.79. The molecule has 0 aliphatic carbocycles. The quantitative estimate of drug-likeness (QED) is 0.379. The predicted molar refractivity (Wildman–Crippen MR) is 135 cm³/mol. The Morgan fingerprint density at radius 3 is 2.53 bits per heavy atom. The molecule has 4 aromatic rings. The van der Waals surface area contributed by atoms with Crippen molar-refractivity contribution in [1.29, 1.82) is 0 Å². The maximum Gasteiger partial charge on any atom is 0.222 e. The van der Waals surface area contributed by atoms with Gasteiger partial charge in [0.2, 0.25) is 5.91 Å². The van der Waals surface area contributed by atoms with Crippen LogP contribution in [0.4, 0.5) is 5.69 Å². The molecule has 36 heavy (non-hydrogen) atoms. The first-order valence-corrected chi connectivity index (χ1v) is 12.0. The van der Waals surface area contributed by atoms with Gasteiger partial charge in [-0.15, -0.1) is 0 Å². The molecule has 0 spiro atoms. The number of ether oxygens (including phenoxy) is 2. The van der Waals surface area contributed by atoms with E-state index >= 15 is 0 Å². The number of aromatic nitrogens is 5. The molecule has 10 nitrogen and oxygen atoms in total. The SMILES string of the molecule is COc1cc(/N=c2\ccc3ncc(-c4cnn(C)c4)nc3n2CCCN2CCCC2=O)cc(OC)c1. The largest absolute Gasteiger partial charge is 0.497 e. The molecule has 0 saturated carbocycles. The van der Waals surface area contributed by atoms with Crippen LogP contribution in [0, 0.1) is 0 Å². The van der Waals surface area contributed by atoms with Crippen molar-refractivity contribution < 1.29 is 14.3 Å². The van der Waals surface area contributed by atoms with Gasteiger partial charge in [0.15, 0.2) is 5.65 Å². The van der Waals surface area contributed by atoms with Gasteiger partial charge in [-0.3, -0.25) is 14.5 Å².